The Labute approximate surface area is 145 Å². The van der Waals surface area contributed by atoms with E-state index in [4.69, 9.17) is 11.1 Å². The topological polar surface area (TPSA) is 90.3 Å². The number of benzene rings is 1. The molecule has 0 saturated heterocycles. The molecule has 0 fully saturated rings. The number of hydrogen-bond donors (Lipinski definition) is 4. The molecule has 0 aliphatic carbocycles. The van der Waals surface area contributed by atoms with E-state index in [9.17, 15) is 10.2 Å². The van der Waals surface area contributed by atoms with E-state index < -0.39 is 5.92 Å². The summed E-state index contributed by atoms with van der Waals surface area (Å²) in [6.45, 7) is 14.2. The minimum Gasteiger partial charge on any atom is -0.511 e. The number of aliphatic hydroxyl groups is 1. The Balaban J connectivity index is 3.56. The molecule has 1 aromatic carbocycles. The monoisotopic (exact) mass is 332 g/mol. The number of hydrogen-bond acceptors (Lipinski definition) is 3. The highest BCUT2D eigenvalue weighted by Gasteiger charge is 2.28. The summed E-state index contributed by atoms with van der Waals surface area (Å²) in [4.78, 5) is 0. The first-order valence-corrected chi connectivity index (χ1v) is 8.31. The molecule has 0 spiro atoms. The molecule has 0 aromatic heterocycles. The van der Waals surface area contributed by atoms with Crippen LogP contribution in [0.2, 0.25) is 0 Å². The molecule has 24 heavy (non-hydrogen) atoms. The van der Waals surface area contributed by atoms with Crippen LogP contribution in [-0.4, -0.2) is 16.0 Å². The number of nitrogens with one attached hydrogen (secondary N) is 1. The van der Waals surface area contributed by atoms with Gasteiger partial charge in [-0.05, 0) is 35.8 Å². The number of phenolic OH excluding ortho intramolecular Hbond substituents is 1. The van der Waals surface area contributed by atoms with Crippen LogP contribution in [0.15, 0.2) is 29.5 Å². The van der Waals surface area contributed by atoms with Gasteiger partial charge in [0, 0.05) is 17.1 Å². The van der Waals surface area contributed by atoms with Crippen LogP contribution in [0.25, 0.3) is 0 Å². The molecule has 4 nitrogen and oxygen atoms in total. The lowest BCUT2D eigenvalue weighted by atomic mass is 9.77. The van der Waals surface area contributed by atoms with Gasteiger partial charge in [0.1, 0.15) is 17.3 Å². The molecule has 1 rings (SSSR count). The molecule has 1 unspecified atom stereocenters. The SMILES string of the molecule is CC(C(=N)N)=C(O)C(CC(C)(C)C)c1cc(C(C)(C)C)ccc1O. The predicted octanol–water partition coefficient (Wildman–Crippen LogP) is 4.98. The largest absolute Gasteiger partial charge is 0.511 e. The van der Waals surface area contributed by atoms with Gasteiger partial charge in [-0.3, -0.25) is 5.41 Å². The molecule has 0 amide bonds. The average molecular weight is 332 g/mol. The Kier molecular flexibility index (Phi) is 5.75. The summed E-state index contributed by atoms with van der Waals surface area (Å²) in [5.74, 6) is -0.354. The van der Waals surface area contributed by atoms with Gasteiger partial charge in [0.15, 0.2) is 0 Å². The van der Waals surface area contributed by atoms with Crippen LogP contribution in [0.4, 0.5) is 0 Å². The lowest BCUT2D eigenvalue weighted by Crippen LogP contribution is -2.20. The minimum atomic E-state index is -0.406. The van der Waals surface area contributed by atoms with Crippen LogP contribution >= 0.6 is 0 Å². The van der Waals surface area contributed by atoms with E-state index in [2.05, 4.69) is 41.5 Å². The molecule has 4 heteroatoms. The van der Waals surface area contributed by atoms with Crippen LogP contribution in [0.1, 0.15) is 71.9 Å². The number of allylic oxidation sites excluding steroid dienone is 1. The van der Waals surface area contributed by atoms with E-state index in [1.807, 2.05) is 12.1 Å². The molecular weight excluding hydrogens is 300 g/mol. The van der Waals surface area contributed by atoms with E-state index in [1.54, 1.807) is 13.0 Å². The number of nitrogens with two attached hydrogens (primary N) is 1. The van der Waals surface area contributed by atoms with Gasteiger partial charge in [-0.15, -0.1) is 0 Å². The summed E-state index contributed by atoms with van der Waals surface area (Å²) in [6.07, 6.45) is 0.630. The van der Waals surface area contributed by atoms with E-state index in [-0.39, 0.29) is 28.2 Å². The fraction of sp³-hybridized carbons (Fsp3) is 0.550. The third-order valence-electron chi connectivity index (χ3n) is 4.20. The van der Waals surface area contributed by atoms with E-state index >= 15 is 0 Å². The first kappa shape index (κ1) is 20.1. The van der Waals surface area contributed by atoms with Gasteiger partial charge < -0.3 is 15.9 Å². The zero-order chi connectivity index (χ0) is 18.9. The first-order chi connectivity index (χ1) is 10.7. The van der Waals surface area contributed by atoms with Crippen molar-refractivity contribution in [1.29, 1.82) is 5.41 Å². The Bertz CT molecular complexity index is 647. The highest BCUT2D eigenvalue weighted by Crippen LogP contribution is 2.41. The molecule has 5 N–H and O–H groups in total. The Hall–Kier alpha value is -1.97. The zero-order valence-electron chi connectivity index (χ0n) is 16.0. The van der Waals surface area contributed by atoms with Crippen molar-refractivity contribution in [1.82, 2.24) is 0 Å². The fourth-order valence-electron chi connectivity index (χ4n) is 2.67. The van der Waals surface area contributed by atoms with Gasteiger partial charge in [0.2, 0.25) is 0 Å². The first-order valence-electron chi connectivity index (χ1n) is 8.31. The summed E-state index contributed by atoms with van der Waals surface area (Å²) < 4.78 is 0. The smallest absolute Gasteiger partial charge is 0.121 e. The van der Waals surface area contributed by atoms with E-state index in [1.165, 1.54) is 0 Å². The Morgan fingerprint density at radius 2 is 1.71 bits per heavy atom. The maximum atomic E-state index is 10.7. The van der Waals surface area contributed by atoms with Gasteiger partial charge in [0.25, 0.3) is 0 Å². The molecule has 0 radical (unpaired) electrons. The van der Waals surface area contributed by atoms with Crippen molar-refractivity contribution in [3.63, 3.8) is 0 Å². The number of rotatable bonds is 4. The van der Waals surface area contributed by atoms with Gasteiger partial charge in [-0.1, -0.05) is 53.7 Å². The molecule has 0 heterocycles. The van der Waals surface area contributed by atoms with E-state index in [0.29, 0.717) is 17.6 Å². The molecule has 0 saturated carbocycles. The summed E-state index contributed by atoms with van der Waals surface area (Å²) >= 11 is 0. The number of phenols is 1. The van der Waals surface area contributed by atoms with Crippen molar-refractivity contribution < 1.29 is 10.2 Å². The van der Waals surface area contributed by atoms with Crippen LogP contribution in [0, 0.1) is 10.8 Å². The Morgan fingerprint density at radius 3 is 2.12 bits per heavy atom. The van der Waals surface area contributed by atoms with Crippen molar-refractivity contribution in [3.8, 4) is 5.75 Å². The van der Waals surface area contributed by atoms with Crippen molar-refractivity contribution >= 4 is 5.84 Å². The van der Waals surface area contributed by atoms with Crippen LogP contribution in [-0.2, 0) is 5.41 Å². The second kappa shape index (κ2) is 6.88. The van der Waals surface area contributed by atoms with Crippen LogP contribution < -0.4 is 5.73 Å². The molecular formula is C20H32N2O2. The van der Waals surface area contributed by atoms with Crippen LogP contribution in [0.5, 0.6) is 5.75 Å². The molecule has 1 aromatic rings. The summed E-state index contributed by atoms with van der Waals surface area (Å²) in [5, 5.41) is 28.8. The van der Waals surface area contributed by atoms with Gasteiger partial charge >= 0.3 is 0 Å². The normalized spacial score (nSPS) is 15.0. The molecule has 0 bridgehead atoms. The number of aliphatic hydroxyl groups excluding tert-OH is 1. The Morgan fingerprint density at radius 1 is 1.17 bits per heavy atom. The van der Waals surface area contributed by atoms with Gasteiger partial charge in [-0.2, -0.15) is 0 Å². The standard InChI is InChI=1S/C20H32N2O2/c1-12(18(21)22)17(24)15(11-19(2,3)4)14-10-13(20(5,6)7)8-9-16(14)23/h8-10,15,23-24H,11H2,1-7H3,(H3,21,22). The number of amidine groups is 1. The lowest BCUT2D eigenvalue weighted by Gasteiger charge is -2.29. The third-order valence-corrected chi connectivity index (χ3v) is 4.20. The molecule has 134 valence electrons. The van der Waals surface area contributed by atoms with Gasteiger partial charge in [-0.25, -0.2) is 0 Å². The van der Waals surface area contributed by atoms with Crippen LogP contribution in [0.3, 0.4) is 0 Å². The molecule has 0 aliphatic heterocycles. The average Bonchev–Trinajstić information content (AvgIpc) is 2.41. The fourth-order valence-corrected chi connectivity index (χ4v) is 2.67. The summed E-state index contributed by atoms with van der Waals surface area (Å²) in [5.41, 5.74) is 7.53. The third kappa shape index (κ3) is 5.02. The van der Waals surface area contributed by atoms with Crippen molar-refractivity contribution in [2.45, 2.75) is 66.2 Å². The maximum absolute atomic E-state index is 10.7. The second-order valence-electron chi connectivity index (χ2n) is 8.76. The minimum absolute atomic E-state index is 0.0544. The highest BCUT2D eigenvalue weighted by molar-refractivity contribution is 5.94. The number of aromatic hydroxyl groups is 1. The predicted molar refractivity (Wildman–Crippen MR) is 101 cm³/mol. The van der Waals surface area contributed by atoms with E-state index in [0.717, 1.165) is 5.56 Å². The molecule has 0 aliphatic rings. The molecule has 1 atom stereocenters. The summed E-state index contributed by atoms with van der Waals surface area (Å²) in [7, 11) is 0. The lowest BCUT2D eigenvalue weighted by molar-refractivity contribution is 0.287. The maximum Gasteiger partial charge on any atom is 0.121 e. The zero-order valence-corrected chi connectivity index (χ0v) is 16.0. The van der Waals surface area contributed by atoms with Crippen molar-refractivity contribution in [2.24, 2.45) is 11.1 Å². The highest BCUT2D eigenvalue weighted by atomic mass is 16.3. The second-order valence-corrected chi connectivity index (χ2v) is 8.76. The van der Waals surface area contributed by atoms with Crippen molar-refractivity contribution in [3.05, 3.63) is 40.7 Å². The van der Waals surface area contributed by atoms with Gasteiger partial charge in [0.05, 0.1) is 0 Å². The van der Waals surface area contributed by atoms with Crippen molar-refractivity contribution in [2.75, 3.05) is 0 Å². The summed E-state index contributed by atoms with van der Waals surface area (Å²) in [6, 6.07) is 5.54. The quantitative estimate of drug-likeness (QED) is 0.356.